The molecule has 2 aliphatic carbocycles. The first-order valence-corrected chi connectivity index (χ1v) is 6.86. The van der Waals surface area contributed by atoms with Crippen LogP contribution in [-0.4, -0.2) is 5.11 Å². The molecule has 1 heteroatoms. The average molecular weight is 250 g/mol. The van der Waals surface area contributed by atoms with Crippen molar-refractivity contribution in [3.05, 3.63) is 63.8 Å². The molecule has 0 spiro atoms. The molecular weight excluding hydrogens is 232 g/mol. The zero-order chi connectivity index (χ0) is 13.2. The zero-order valence-corrected chi connectivity index (χ0v) is 11.2. The zero-order valence-electron chi connectivity index (χ0n) is 11.2. The van der Waals surface area contributed by atoms with E-state index in [9.17, 15) is 5.11 Å². The minimum atomic E-state index is 0.330. The van der Waals surface area contributed by atoms with Crippen molar-refractivity contribution in [1.29, 1.82) is 0 Å². The molecular formula is C18H18O. The third kappa shape index (κ3) is 2.17. The summed E-state index contributed by atoms with van der Waals surface area (Å²) in [4.78, 5) is 0. The molecule has 0 saturated heterocycles. The molecule has 3 rings (SSSR count). The summed E-state index contributed by atoms with van der Waals surface area (Å²) in [7, 11) is 0. The van der Waals surface area contributed by atoms with E-state index in [2.05, 4.69) is 30.4 Å². The normalized spacial score (nSPS) is 23.8. The number of aliphatic hydroxyl groups is 1. The minimum absolute atomic E-state index is 0.330. The van der Waals surface area contributed by atoms with Crippen LogP contribution in [0.3, 0.4) is 0 Å². The predicted octanol–water partition coefficient (Wildman–Crippen LogP) is 3.00. The summed E-state index contributed by atoms with van der Waals surface area (Å²) in [6, 6.07) is 4.43. The van der Waals surface area contributed by atoms with Crippen LogP contribution >= 0.6 is 0 Å². The van der Waals surface area contributed by atoms with Gasteiger partial charge < -0.3 is 5.11 Å². The second-order valence-corrected chi connectivity index (χ2v) is 5.01. The van der Waals surface area contributed by atoms with Crippen molar-refractivity contribution >= 4 is 17.7 Å². The molecule has 0 heterocycles. The Balaban J connectivity index is 2.37. The van der Waals surface area contributed by atoms with Crippen molar-refractivity contribution in [2.24, 2.45) is 0 Å². The molecule has 96 valence electrons. The first-order valence-electron chi connectivity index (χ1n) is 6.86. The Morgan fingerprint density at radius 1 is 1.16 bits per heavy atom. The van der Waals surface area contributed by atoms with E-state index >= 15 is 0 Å². The van der Waals surface area contributed by atoms with Gasteiger partial charge in [-0.05, 0) is 65.5 Å². The Labute approximate surface area is 113 Å². The van der Waals surface area contributed by atoms with E-state index in [4.69, 9.17) is 0 Å². The van der Waals surface area contributed by atoms with E-state index in [0.717, 1.165) is 24.8 Å². The first-order chi connectivity index (χ1) is 9.29. The van der Waals surface area contributed by atoms with Crippen molar-refractivity contribution in [1.82, 2.24) is 0 Å². The van der Waals surface area contributed by atoms with Crippen molar-refractivity contribution < 1.29 is 5.11 Å². The highest BCUT2D eigenvalue weighted by Gasteiger charge is 2.11. The van der Waals surface area contributed by atoms with Crippen LogP contribution in [0.25, 0.3) is 17.7 Å². The Hall–Kier alpha value is -2.02. The predicted molar refractivity (Wildman–Crippen MR) is 81.1 cm³/mol. The maximum Gasteiger partial charge on any atom is 0.115 e. The highest BCUT2D eigenvalue weighted by atomic mass is 16.3. The Morgan fingerprint density at radius 3 is 2.84 bits per heavy atom. The van der Waals surface area contributed by atoms with Crippen LogP contribution in [-0.2, 0) is 6.42 Å². The van der Waals surface area contributed by atoms with E-state index in [0.29, 0.717) is 5.76 Å². The Kier molecular flexibility index (Phi) is 3.12. The molecule has 0 atom stereocenters. The molecule has 0 bridgehead atoms. The molecule has 0 fully saturated rings. The van der Waals surface area contributed by atoms with Crippen LogP contribution in [0.1, 0.15) is 30.9 Å². The molecule has 2 aliphatic rings. The van der Waals surface area contributed by atoms with Crippen LogP contribution in [0, 0.1) is 0 Å². The topological polar surface area (TPSA) is 20.2 Å². The lowest BCUT2D eigenvalue weighted by molar-refractivity contribution is 0.432. The molecule has 0 amide bonds. The van der Waals surface area contributed by atoms with E-state index in [-0.39, 0.29) is 0 Å². The van der Waals surface area contributed by atoms with Gasteiger partial charge >= 0.3 is 0 Å². The van der Waals surface area contributed by atoms with Crippen LogP contribution in [0.4, 0.5) is 0 Å². The fourth-order valence-corrected chi connectivity index (χ4v) is 2.87. The van der Waals surface area contributed by atoms with Gasteiger partial charge in [0.25, 0.3) is 0 Å². The second-order valence-electron chi connectivity index (χ2n) is 5.01. The van der Waals surface area contributed by atoms with Gasteiger partial charge in [-0.25, -0.2) is 0 Å². The number of hydrogen-bond acceptors (Lipinski definition) is 1. The lowest BCUT2D eigenvalue weighted by atomic mass is 9.90. The third-order valence-corrected chi connectivity index (χ3v) is 3.77. The number of fused-ring (bicyclic) bond motifs is 3. The van der Waals surface area contributed by atoms with Gasteiger partial charge in [0.15, 0.2) is 0 Å². The fraction of sp³-hybridized carbons (Fsp3) is 0.222. The fourth-order valence-electron chi connectivity index (χ4n) is 2.87. The molecule has 1 N–H and O–H groups in total. The SMILES string of the molecule is C/C=C1/C=C(O)\C=C/Cc2ccc3c(c21)=CCCC=3. The number of benzene rings is 1. The van der Waals surface area contributed by atoms with Gasteiger partial charge in [0.05, 0.1) is 0 Å². The number of hydrogen-bond donors (Lipinski definition) is 1. The van der Waals surface area contributed by atoms with Gasteiger partial charge in [-0.2, -0.15) is 0 Å². The minimum Gasteiger partial charge on any atom is -0.508 e. The van der Waals surface area contributed by atoms with Crippen LogP contribution in [0.15, 0.2) is 42.2 Å². The highest BCUT2D eigenvalue weighted by molar-refractivity contribution is 5.78. The summed E-state index contributed by atoms with van der Waals surface area (Å²) in [6.07, 6.45) is 15.5. The smallest absolute Gasteiger partial charge is 0.115 e. The molecule has 0 aliphatic heterocycles. The molecule has 0 unspecified atom stereocenters. The lowest BCUT2D eigenvalue weighted by Gasteiger charge is -2.15. The maximum absolute atomic E-state index is 9.86. The van der Waals surface area contributed by atoms with Gasteiger partial charge in [0, 0.05) is 0 Å². The van der Waals surface area contributed by atoms with Crippen LogP contribution < -0.4 is 10.4 Å². The number of allylic oxidation sites excluding steroid dienone is 5. The number of aliphatic hydroxyl groups excluding tert-OH is 1. The van der Waals surface area contributed by atoms with E-state index in [1.807, 2.05) is 19.1 Å². The van der Waals surface area contributed by atoms with E-state index in [1.165, 1.54) is 21.6 Å². The quantitative estimate of drug-likeness (QED) is 0.750. The summed E-state index contributed by atoms with van der Waals surface area (Å²) < 4.78 is 0. The second kappa shape index (κ2) is 4.93. The highest BCUT2D eigenvalue weighted by Crippen LogP contribution is 2.21. The molecule has 0 aromatic heterocycles. The summed E-state index contributed by atoms with van der Waals surface area (Å²) in [6.45, 7) is 2.03. The lowest BCUT2D eigenvalue weighted by Crippen LogP contribution is -2.31. The van der Waals surface area contributed by atoms with Crippen LogP contribution in [0.2, 0.25) is 0 Å². The molecule has 1 aromatic carbocycles. The van der Waals surface area contributed by atoms with E-state index in [1.54, 1.807) is 6.08 Å². The number of rotatable bonds is 0. The monoisotopic (exact) mass is 250 g/mol. The third-order valence-electron chi connectivity index (χ3n) is 3.77. The van der Waals surface area contributed by atoms with Crippen LogP contribution in [0.5, 0.6) is 0 Å². The summed E-state index contributed by atoms with van der Waals surface area (Å²) in [5.41, 5.74) is 3.73. The first kappa shape index (κ1) is 12.0. The van der Waals surface area contributed by atoms with Gasteiger partial charge in [0.2, 0.25) is 0 Å². The van der Waals surface area contributed by atoms with Gasteiger partial charge in [-0.3, -0.25) is 0 Å². The Bertz CT molecular complexity index is 715. The van der Waals surface area contributed by atoms with Gasteiger partial charge in [-0.1, -0.05) is 36.4 Å². The Morgan fingerprint density at radius 2 is 2.00 bits per heavy atom. The van der Waals surface area contributed by atoms with Crippen molar-refractivity contribution in [2.75, 3.05) is 0 Å². The molecule has 1 aromatic rings. The van der Waals surface area contributed by atoms with Gasteiger partial charge in [0.1, 0.15) is 5.76 Å². The largest absolute Gasteiger partial charge is 0.508 e. The average Bonchev–Trinajstić information content (AvgIpc) is 2.42. The summed E-state index contributed by atoms with van der Waals surface area (Å²) in [5.74, 6) is 0.330. The molecule has 19 heavy (non-hydrogen) atoms. The maximum atomic E-state index is 9.86. The molecule has 1 nitrogen and oxygen atoms in total. The van der Waals surface area contributed by atoms with E-state index < -0.39 is 0 Å². The summed E-state index contributed by atoms with van der Waals surface area (Å²) >= 11 is 0. The standard InChI is InChI=1S/C18H18O/c1-2-13-12-16(19)8-5-7-15-11-10-14-6-3-4-9-17(14)18(13)15/h2,5-6,8-12,19H,3-4,7H2,1H3/b8-5-,13-2-,16-12+. The van der Waals surface area contributed by atoms with Crippen molar-refractivity contribution in [3.8, 4) is 0 Å². The summed E-state index contributed by atoms with van der Waals surface area (Å²) in [5, 5.41) is 12.5. The van der Waals surface area contributed by atoms with Crippen molar-refractivity contribution in [2.45, 2.75) is 26.2 Å². The molecule has 0 saturated carbocycles. The van der Waals surface area contributed by atoms with Crippen molar-refractivity contribution in [3.63, 3.8) is 0 Å². The van der Waals surface area contributed by atoms with Gasteiger partial charge in [-0.15, -0.1) is 0 Å². The molecule has 0 radical (unpaired) electrons.